The van der Waals surface area contributed by atoms with E-state index >= 15 is 0 Å². The zero-order valence-electron chi connectivity index (χ0n) is 10.7. The Bertz CT molecular complexity index is 698. The highest BCUT2D eigenvalue weighted by atomic mass is 16.6. The largest absolute Gasteiger partial charge is 0.425 e. The molecule has 0 amide bonds. The van der Waals surface area contributed by atoms with Crippen LogP contribution in [0.3, 0.4) is 0 Å². The molecule has 21 heavy (non-hydrogen) atoms. The lowest BCUT2D eigenvalue weighted by molar-refractivity contribution is -0.0514. The summed E-state index contributed by atoms with van der Waals surface area (Å²) in [4.78, 5) is 11.9. The van der Waals surface area contributed by atoms with Gasteiger partial charge < -0.3 is 25.4 Å². The van der Waals surface area contributed by atoms with Gasteiger partial charge in [0.2, 0.25) is 0 Å². The summed E-state index contributed by atoms with van der Waals surface area (Å²) in [5.74, 6) is 0.205. The maximum atomic E-state index is 10.1. The van der Waals surface area contributed by atoms with Crippen molar-refractivity contribution in [2.75, 3.05) is 12.3 Å². The molecule has 4 N–H and O–H groups in total. The van der Waals surface area contributed by atoms with E-state index in [0.29, 0.717) is 11.2 Å². The fourth-order valence-electron chi connectivity index (χ4n) is 2.27. The molecular formula is C11H12N6O4. The highest BCUT2D eigenvalue weighted by molar-refractivity contribution is 5.81. The molecule has 1 aliphatic heterocycles. The van der Waals surface area contributed by atoms with Crippen molar-refractivity contribution in [3.8, 4) is 6.26 Å². The van der Waals surface area contributed by atoms with E-state index in [1.165, 1.54) is 23.5 Å². The molecule has 3 heterocycles. The van der Waals surface area contributed by atoms with Crippen LogP contribution in [0.1, 0.15) is 6.23 Å². The summed E-state index contributed by atoms with van der Waals surface area (Å²) in [5, 5.41) is 28.4. The van der Waals surface area contributed by atoms with Crippen LogP contribution in [0.25, 0.3) is 11.2 Å². The van der Waals surface area contributed by atoms with Crippen LogP contribution in [-0.4, -0.2) is 54.7 Å². The summed E-state index contributed by atoms with van der Waals surface area (Å²) in [6.07, 6.45) is -0.00586. The zero-order chi connectivity index (χ0) is 15.0. The fraction of sp³-hybridized carbons (Fsp3) is 0.455. The van der Waals surface area contributed by atoms with Crippen molar-refractivity contribution in [2.45, 2.75) is 24.5 Å². The summed E-state index contributed by atoms with van der Waals surface area (Å²) >= 11 is 0. The third-order valence-electron chi connectivity index (χ3n) is 3.31. The van der Waals surface area contributed by atoms with Crippen molar-refractivity contribution < 1.29 is 19.7 Å². The standard InChI is InChI=1S/C11H12N6O4/c12-2-20-1-5-7(18)8(19)11(21-5)17-4-16-6-9(13)14-3-15-10(6)17/h3-5,7-8,11,18-19H,1H2,(H2,13,14,15)/t5-,7-,8-,11-/m1/s1. The molecule has 2 aromatic heterocycles. The zero-order valence-corrected chi connectivity index (χ0v) is 10.7. The Labute approximate surface area is 118 Å². The summed E-state index contributed by atoms with van der Waals surface area (Å²) in [7, 11) is 0. The third-order valence-corrected chi connectivity index (χ3v) is 3.31. The molecule has 1 fully saturated rings. The van der Waals surface area contributed by atoms with E-state index in [1.807, 2.05) is 0 Å². The van der Waals surface area contributed by atoms with Crippen molar-refractivity contribution in [2.24, 2.45) is 0 Å². The SMILES string of the molecule is N#COC[C@H]1O[C@@H](n2cnc3c(N)ncnc32)[C@H](O)[C@@H]1O. The lowest BCUT2D eigenvalue weighted by Crippen LogP contribution is -2.33. The molecule has 0 aromatic carbocycles. The molecule has 0 spiro atoms. The van der Waals surface area contributed by atoms with Crippen molar-refractivity contribution in [3.63, 3.8) is 0 Å². The number of anilines is 1. The molecule has 110 valence electrons. The topological polar surface area (TPSA) is 152 Å². The van der Waals surface area contributed by atoms with E-state index in [1.54, 1.807) is 0 Å². The summed E-state index contributed by atoms with van der Waals surface area (Å²) in [6.45, 7) is -0.158. The second kappa shape index (κ2) is 5.13. The molecule has 0 bridgehead atoms. The van der Waals surface area contributed by atoms with Crippen LogP contribution in [0.4, 0.5) is 5.82 Å². The number of imidazole rings is 1. The molecule has 1 aliphatic rings. The first kappa shape index (κ1) is 13.5. The van der Waals surface area contributed by atoms with E-state index in [-0.39, 0.29) is 12.4 Å². The van der Waals surface area contributed by atoms with Crippen LogP contribution in [-0.2, 0) is 9.47 Å². The molecule has 10 heteroatoms. The third kappa shape index (κ3) is 2.13. The van der Waals surface area contributed by atoms with Gasteiger partial charge in [-0.2, -0.15) is 5.26 Å². The first-order valence-electron chi connectivity index (χ1n) is 6.09. The van der Waals surface area contributed by atoms with Crippen molar-refractivity contribution in [1.82, 2.24) is 19.5 Å². The molecule has 10 nitrogen and oxygen atoms in total. The molecule has 0 aliphatic carbocycles. The molecule has 4 atom stereocenters. The number of ether oxygens (including phenoxy) is 2. The number of hydrogen-bond donors (Lipinski definition) is 3. The number of rotatable bonds is 3. The van der Waals surface area contributed by atoms with Gasteiger partial charge in [-0.1, -0.05) is 0 Å². The number of aliphatic hydroxyl groups excluding tert-OH is 2. The van der Waals surface area contributed by atoms with Gasteiger partial charge in [-0.25, -0.2) is 15.0 Å². The molecule has 1 saturated heterocycles. The second-order valence-electron chi connectivity index (χ2n) is 4.53. The van der Waals surface area contributed by atoms with Crippen LogP contribution < -0.4 is 5.73 Å². The highest BCUT2D eigenvalue weighted by Gasteiger charge is 2.44. The fourth-order valence-corrected chi connectivity index (χ4v) is 2.27. The van der Waals surface area contributed by atoms with Gasteiger partial charge in [0.25, 0.3) is 6.26 Å². The summed E-state index contributed by atoms with van der Waals surface area (Å²) < 4.78 is 11.5. The minimum absolute atomic E-state index is 0.158. The molecular weight excluding hydrogens is 280 g/mol. The van der Waals surface area contributed by atoms with E-state index in [2.05, 4.69) is 19.7 Å². The normalized spacial score (nSPS) is 28.6. The van der Waals surface area contributed by atoms with E-state index in [0.717, 1.165) is 0 Å². The monoisotopic (exact) mass is 292 g/mol. The Morgan fingerprint density at radius 1 is 1.38 bits per heavy atom. The molecule has 0 saturated carbocycles. The Hall–Kier alpha value is -2.48. The van der Waals surface area contributed by atoms with Crippen LogP contribution >= 0.6 is 0 Å². The number of nitrogens with zero attached hydrogens (tertiary/aromatic N) is 5. The van der Waals surface area contributed by atoms with Crippen molar-refractivity contribution in [1.29, 1.82) is 5.26 Å². The van der Waals surface area contributed by atoms with Crippen LogP contribution in [0.5, 0.6) is 0 Å². The van der Waals surface area contributed by atoms with Crippen molar-refractivity contribution >= 4 is 17.0 Å². The highest BCUT2D eigenvalue weighted by Crippen LogP contribution is 2.31. The average molecular weight is 292 g/mol. The second-order valence-corrected chi connectivity index (χ2v) is 4.53. The van der Waals surface area contributed by atoms with E-state index in [4.69, 9.17) is 15.7 Å². The number of aliphatic hydroxyl groups is 2. The first-order valence-corrected chi connectivity index (χ1v) is 6.09. The first-order chi connectivity index (χ1) is 10.1. The van der Waals surface area contributed by atoms with Gasteiger partial charge >= 0.3 is 0 Å². The Morgan fingerprint density at radius 3 is 2.95 bits per heavy atom. The van der Waals surface area contributed by atoms with Gasteiger partial charge in [0.05, 0.1) is 6.33 Å². The van der Waals surface area contributed by atoms with E-state index in [9.17, 15) is 10.2 Å². The maximum absolute atomic E-state index is 10.1. The minimum atomic E-state index is -1.22. The summed E-state index contributed by atoms with van der Waals surface area (Å²) in [6, 6.07) is 0. The van der Waals surface area contributed by atoms with Gasteiger partial charge in [-0.15, -0.1) is 0 Å². The Morgan fingerprint density at radius 2 is 2.19 bits per heavy atom. The quantitative estimate of drug-likeness (QED) is 0.575. The summed E-state index contributed by atoms with van der Waals surface area (Å²) in [5.41, 5.74) is 6.44. The van der Waals surface area contributed by atoms with Crippen LogP contribution in [0.15, 0.2) is 12.7 Å². The van der Waals surface area contributed by atoms with Gasteiger partial charge in [-0.3, -0.25) is 4.57 Å². The molecule has 0 radical (unpaired) electrons. The van der Waals surface area contributed by atoms with Gasteiger partial charge in [0, 0.05) is 0 Å². The molecule has 3 rings (SSSR count). The number of nitrogen functional groups attached to an aromatic ring is 1. The molecule has 2 aromatic rings. The number of aromatic nitrogens is 4. The van der Waals surface area contributed by atoms with Crippen LogP contribution in [0.2, 0.25) is 0 Å². The van der Waals surface area contributed by atoms with Crippen LogP contribution in [0, 0.1) is 11.5 Å². The predicted molar refractivity (Wildman–Crippen MR) is 67.2 cm³/mol. The predicted octanol–water partition coefficient (Wildman–Crippen LogP) is -1.47. The van der Waals surface area contributed by atoms with E-state index < -0.39 is 24.5 Å². The average Bonchev–Trinajstić information content (AvgIpc) is 3.02. The Balaban J connectivity index is 1.92. The number of nitrogens with two attached hydrogens (primary N) is 1. The smallest absolute Gasteiger partial charge is 0.286 e. The van der Waals surface area contributed by atoms with Crippen molar-refractivity contribution in [3.05, 3.63) is 12.7 Å². The lowest BCUT2D eigenvalue weighted by atomic mass is 10.1. The maximum Gasteiger partial charge on any atom is 0.286 e. The molecule has 0 unspecified atom stereocenters. The van der Waals surface area contributed by atoms with Gasteiger partial charge in [0.15, 0.2) is 17.7 Å². The number of fused-ring (bicyclic) bond motifs is 1. The van der Waals surface area contributed by atoms with Gasteiger partial charge in [-0.05, 0) is 0 Å². The minimum Gasteiger partial charge on any atom is -0.425 e. The lowest BCUT2D eigenvalue weighted by Gasteiger charge is -2.16. The Kier molecular flexibility index (Phi) is 3.30. The van der Waals surface area contributed by atoms with Gasteiger partial charge in [0.1, 0.15) is 36.8 Å². The number of nitriles is 1. The number of hydrogen-bond acceptors (Lipinski definition) is 9.